The smallest absolute Gasteiger partial charge is 0.333 e. The molecule has 1 atom stereocenters. The minimum absolute atomic E-state index is 0.191. The van der Waals surface area contributed by atoms with Gasteiger partial charge in [0, 0.05) is 33.0 Å². The fourth-order valence-corrected chi connectivity index (χ4v) is 0.830. The largest absolute Gasteiger partial charge is 0.479 e. The molecule has 0 aliphatic carbocycles. The van der Waals surface area contributed by atoms with Crippen molar-refractivity contribution in [2.45, 2.75) is 12.5 Å². The monoisotopic (exact) mass is 186 g/mol. The summed E-state index contributed by atoms with van der Waals surface area (Å²) in [5, 5.41) is 18.4. The van der Waals surface area contributed by atoms with E-state index in [0.29, 0.717) is 5.57 Å². The van der Waals surface area contributed by atoms with Crippen LogP contribution in [0.3, 0.4) is 0 Å². The second kappa shape index (κ2) is 6.19. The van der Waals surface area contributed by atoms with Crippen LogP contribution >= 0.6 is 0 Å². The zero-order valence-electron chi connectivity index (χ0n) is 7.70. The second-order valence-electron chi connectivity index (χ2n) is 2.42. The Morgan fingerprint density at radius 3 is 2.69 bits per heavy atom. The van der Waals surface area contributed by atoms with E-state index in [1.165, 1.54) is 7.11 Å². The van der Waals surface area contributed by atoms with Gasteiger partial charge in [-0.15, -0.1) is 0 Å². The summed E-state index contributed by atoms with van der Waals surface area (Å²) in [4.78, 5) is 10.5. The average Bonchev–Trinajstić information content (AvgIpc) is 2.11. The number of aliphatic carboxylic acids is 1. The lowest BCUT2D eigenvalue weighted by Gasteiger charge is -2.09. The number of hydrogen-bond donors (Lipinski definition) is 3. The Bertz CT molecular complexity index is 213. The number of ether oxygens (including phenoxy) is 1. The maximum atomic E-state index is 10.5. The van der Waals surface area contributed by atoms with E-state index in [1.807, 2.05) is 0 Å². The molecule has 0 aromatic rings. The molecule has 0 rings (SSSR count). The first-order valence-corrected chi connectivity index (χ1v) is 3.78. The van der Waals surface area contributed by atoms with Crippen molar-refractivity contribution in [1.29, 1.82) is 5.41 Å². The first-order chi connectivity index (χ1) is 6.15. The maximum absolute atomic E-state index is 10.5. The molecule has 0 fully saturated rings. The van der Waals surface area contributed by atoms with Crippen molar-refractivity contribution in [3.8, 4) is 0 Å². The minimum Gasteiger partial charge on any atom is -0.479 e. The van der Waals surface area contributed by atoms with Gasteiger partial charge in [-0.2, -0.15) is 0 Å². The van der Waals surface area contributed by atoms with Crippen LogP contribution in [0.25, 0.3) is 0 Å². The number of carboxylic acid groups (broad SMARTS) is 1. The quantitative estimate of drug-likeness (QED) is 0.518. The topological polar surface area (TPSA) is 82.4 Å². The van der Waals surface area contributed by atoms with Crippen LogP contribution in [-0.2, 0) is 9.53 Å². The fraction of sp³-hybridized carbons (Fsp3) is 0.500. The molecule has 0 saturated carbocycles. The van der Waals surface area contributed by atoms with Gasteiger partial charge in [0.15, 0.2) is 6.10 Å². The van der Waals surface area contributed by atoms with Crippen molar-refractivity contribution in [2.75, 3.05) is 14.2 Å². The van der Waals surface area contributed by atoms with Gasteiger partial charge in [-0.25, -0.2) is 4.79 Å². The van der Waals surface area contributed by atoms with Crippen LogP contribution in [0.5, 0.6) is 0 Å². The van der Waals surface area contributed by atoms with Gasteiger partial charge in [0.25, 0.3) is 0 Å². The van der Waals surface area contributed by atoms with Gasteiger partial charge < -0.3 is 20.6 Å². The number of carbonyl (C=O) groups is 1. The van der Waals surface area contributed by atoms with Crippen LogP contribution in [0.4, 0.5) is 0 Å². The highest BCUT2D eigenvalue weighted by Crippen LogP contribution is 2.05. The number of hydrogen-bond acceptors (Lipinski definition) is 4. The lowest BCUT2D eigenvalue weighted by molar-refractivity contribution is -0.148. The van der Waals surface area contributed by atoms with Crippen LogP contribution in [0.2, 0.25) is 0 Å². The summed E-state index contributed by atoms with van der Waals surface area (Å²) in [6, 6.07) is 0. The highest BCUT2D eigenvalue weighted by molar-refractivity contribution is 5.79. The van der Waals surface area contributed by atoms with Gasteiger partial charge in [-0.3, -0.25) is 0 Å². The zero-order chi connectivity index (χ0) is 10.3. The summed E-state index contributed by atoms with van der Waals surface area (Å²) < 4.78 is 4.72. The molecule has 0 heterocycles. The summed E-state index contributed by atoms with van der Waals surface area (Å²) >= 11 is 0. The van der Waals surface area contributed by atoms with Crippen molar-refractivity contribution < 1.29 is 14.6 Å². The minimum atomic E-state index is -1.02. The highest BCUT2D eigenvalue weighted by Gasteiger charge is 2.16. The summed E-state index contributed by atoms with van der Waals surface area (Å²) in [7, 11) is 3.02. The molecule has 0 spiro atoms. The highest BCUT2D eigenvalue weighted by atomic mass is 16.5. The molecule has 0 amide bonds. The van der Waals surface area contributed by atoms with Gasteiger partial charge in [0.2, 0.25) is 0 Å². The molecule has 0 aromatic carbocycles. The fourth-order valence-electron chi connectivity index (χ4n) is 0.830. The van der Waals surface area contributed by atoms with Crippen LogP contribution in [-0.4, -0.2) is 37.6 Å². The molecule has 13 heavy (non-hydrogen) atoms. The number of carboxylic acids is 1. The molecule has 5 nitrogen and oxygen atoms in total. The molecule has 0 aromatic heterocycles. The first kappa shape index (κ1) is 11.6. The van der Waals surface area contributed by atoms with E-state index < -0.39 is 12.1 Å². The second-order valence-corrected chi connectivity index (χ2v) is 2.42. The van der Waals surface area contributed by atoms with Crippen molar-refractivity contribution in [2.24, 2.45) is 0 Å². The summed E-state index contributed by atoms with van der Waals surface area (Å²) in [6.07, 6.45) is 1.98. The summed E-state index contributed by atoms with van der Waals surface area (Å²) in [5.41, 5.74) is 0.580. The van der Waals surface area contributed by atoms with Crippen molar-refractivity contribution >= 4 is 12.2 Å². The maximum Gasteiger partial charge on any atom is 0.333 e. The van der Waals surface area contributed by atoms with E-state index in [1.54, 1.807) is 13.2 Å². The molecule has 0 aliphatic rings. The van der Waals surface area contributed by atoms with Crippen LogP contribution in [0, 0.1) is 5.41 Å². The molecule has 0 saturated heterocycles. The van der Waals surface area contributed by atoms with E-state index in [2.05, 4.69) is 5.32 Å². The van der Waals surface area contributed by atoms with Crippen LogP contribution < -0.4 is 5.32 Å². The predicted octanol–water partition coefficient (Wildman–Crippen LogP) is 0.229. The molecule has 0 bridgehead atoms. The Balaban J connectivity index is 4.27. The summed E-state index contributed by atoms with van der Waals surface area (Å²) in [6.45, 7) is 0. The molecular weight excluding hydrogens is 172 g/mol. The van der Waals surface area contributed by atoms with Gasteiger partial charge >= 0.3 is 5.97 Å². The molecule has 0 radical (unpaired) electrons. The molecular formula is C8H14N2O3. The molecule has 1 unspecified atom stereocenters. The van der Waals surface area contributed by atoms with E-state index in [-0.39, 0.29) is 6.42 Å². The number of methoxy groups -OCH3 is 1. The third-order valence-electron chi connectivity index (χ3n) is 1.50. The normalized spacial score (nSPS) is 13.5. The molecule has 0 aliphatic heterocycles. The third-order valence-corrected chi connectivity index (χ3v) is 1.50. The van der Waals surface area contributed by atoms with E-state index in [4.69, 9.17) is 15.3 Å². The summed E-state index contributed by atoms with van der Waals surface area (Å²) in [5.74, 6) is -1.02. The van der Waals surface area contributed by atoms with Crippen LogP contribution in [0.15, 0.2) is 11.8 Å². The Labute approximate surface area is 76.9 Å². The van der Waals surface area contributed by atoms with Crippen molar-refractivity contribution in [1.82, 2.24) is 5.32 Å². The van der Waals surface area contributed by atoms with E-state index in [0.717, 1.165) is 6.21 Å². The Hall–Kier alpha value is -1.36. The Morgan fingerprint density at radius 1 is 1.77 bits per heavy atom. The van der Waals surface area contributed by atoms with Gasteiger partial charge in [0.05, 0.1) is 0 Å². The Morgan fingerprint density at radius 2 is 2.38 bits per heavy atom. The van der Waals surface area contributed by atoms with E-state index in [9.17, 15) is 4.79 Å². The predicted molar refractivity (Wildman–Crippen MR) is 49.0 cm³/mol. The number of rotatable bonds is 6. The van der Waals surface area contributed by atoms with Gasteiger partial charge in [-0.1, -0.05) is 0 Å². The SMILES string of the molecule is CN/C=C(\C=N)CC(OC)C(=O)O. The lowest BCUT2D eigenvalue weighted by Crippen LogP contribution is -2.23. The van der Waals surface area contributed by atoms with Crippen molar-refractivity contribution in [3.63, 3.8) is 0 Å². The van der Waals surface area contributed by atoms with Gasteiger partial charge in [-0.05, 0) is 5.57 Å². The zero-order valence-corrected chi connectivity index (χ0v) is 7.70. The Kier molecular flexibility index (Phi) is 5.54. The molecule has 3 N–H and O–H groups in total. The molecule has 5 heteroatoms. The van der Waals surface area contributed by atoms with Gasteiger partial charge in [0.1, 0.15) is 0 Å². The van der Waals surface area contributed by atoms with E-state index >= 15 is 0 Å². The van der Waals surface area contributed by atoms with Crippen molar-refractivity contribution in [3.05, 3.63) is 11.8 Å². The van der Waals surface area contributed by atoms with Crippen LogP contribution in [0.1, 0.15) is 6.42 Å². The number of nitrogens with one attached hydrogen (secondary N) is 2. The standard InChI is InChI=1S/C8H14N2O3/c1-10-5-6(4-9)3-7(13-2)8(11)12/h4-5,7,9-10H,3H2,1-2H3,(H,11,12)/b6-5-,9-4?. The average molecular weight is 186 g/mol. The third kappa shape index (κ3) is 4.27. The first-order valence-electron chi connectivity index (χ1n) is 3.78. The lowest BCUT2D eigenvalue weighted by atomic mass is 10.1. The molecule has 74 valence electrons.